The van der Waals surface area contributed by atoms with Crippen molar-refractivity contribution in [1.29, 1.82) is 0 Å². The van der Waals surface area contributed by atoms with Crippen LogP contribution in [0.3, 0.4) is 0 Å². The van der Waals surface area contributed by atoms with E-state index in [0.717, 1.165) is 27.6 Å². The Balaban J connectivity index is 1.69. The van der Waals surface area contributed by atoms with Gasteiger partial charge in [0.1, 0.15) is 11.5 Å². The number of benzene rings is 3. The molecule has 0 unspecified atom stereocenters. The number of carboxylic acid groups (broad SMARTS) is 1. The molecule has 0 aliphatic heterocycles. The minimum absolute atomic E-state index is 0.257. The van der Waals surface area contributed by atoms with Crippen LogP contribution in [-0.4, -0.2) is 30.4 Å². The standard InChI is InChI=1S/C28H28N2O5/c1-17-6-8-20(9-7-17)16-30(28(31)32)23-12-19(3)25(13-18(23)2)35-24-10-11-29-22-15-27(34-5)26(33-4)14-21(22)24/h6-15H,16H2,1-5H3,(H,31,32). The quantitative estimate of drug-likeness (QED) is 0.324. The number of amides is 1. The maximum absolute atomic E-state index is 12.1. The lowest BCUT2D eigenvalue weighted by atomic mass is 10.1. The monoisotopic (exact) mass is 472 g/mol. The van der Waals surface area contributed by atoms with E-state index in [2.05, 4.69) is 4.98 Å². The van der Waals surface area contributed by atoms with E-state index >= 15 is 0 Å². The van der Waals surface area contributed by atoms with Gasteiger partial charge in [-0.3, -0.25) is 9.88 Å². The highest BCUT2D eigenvalue weighted by molar-refractivity contribution is 5.89. The normalized spacial score (nSPS) is 10.8. The molecule has 35 heavy (non-hydrogen) atoms. The van der Waals surface area contributed by atoms with Crippen molar-refractivity contribution in [2.75, 3.05) is 19.1 Å². The molecule has 4 rings (SSSR count). The highest BCUT2D eigenvalue weighted by Crippen LogP contribution is 2.38. The fourth-order valence-corrected chi connectivity index (χ4v) is 3.96. The smallest absolute Gasteiger partial charge is 0.412 e. The third-order valence-electron chi connectivity index (χ3n) is 5.90. The summed E-state index contributed by atoms with van der Waals surface area (Å²) in [4.78, 5) is 17.9. The molecule has 4 aromatic rings. The molecule has 1 aromatic heterocycles. The minimum atomic E-state index is -1.01. The van der Waals surface area contributed by atoms with Crippen molar-refractivity contribution in [2.24, 2.45) is 0 Å². The maximum Gasteiger partial charge on any atom is 0.412 e. The van der Waals surface area contributed by atoms with Gasteiger partial charge in [-0.2, -0.15) is 0 Å². The number of rotatable bonds is 7. The van der Waals surface area contributed by atoms with Crippen LogP contribution < -0.4 is 19.1 Å². The Morgan fingerprint density at radius 2 is 1.54 bits per heavy atom. The Labute approximate surface area is 204 Å². The molecule has 0 atom stereocenters. The van der Waals surface area contributed by atoms with Gasteiger partial charge in [0.05, 0.1) is 32.0 Å². The first-order chi connectivity index (χ1) is 16.8. The number of ether oxygens (including phenoxy) is 3. The fraction of sp³-hybridized carbons (Fsp3) is 0.214. The van der Waals surface area contributed by atoms with Crippen LogP contribution in [0.25, 0.3) is 10.9 Å². The molecule has 0 fully saturated rings. The third-order valence-corrected chi connectivity index (χ3v) is 5.90. The fourth-order valence-electron chi connectivity index (χ4n) is 3.96. The van der Waals surface area contributed by atoms with E-state index in [1.807, 2.05) is 63.2 Å². The average molecular weight is 473 g/mol. The summed E-state index contributed by atoms with van der Waals surface area (Å²) in [6.45, 7) is 6.04. The highest BCUT2D eigenvalue weighted by Gasteiger charge is 2.20. The van der Waals surface area contributed by atoms with Gasteiger partial charge < -0.3 is 19.3 Å². The second-order valence-electron chi connectivity index (χ2n) is 8.39. The van der Waals surface area contributed by atoms with Gasteiger partial charge in [0.25, 0.3) is 0 Å². The second kappa shape index (κ2) is 9.93. The molecule has 7 nitrogen and oxygen atoms in total. The van der Waals surface area contributed by atoms with E-state index in [0.29, 0.717) is 34.2 Å². The molecule has 0 aliphatic rings. The van der Waals surface area contributed by atoms with Crippen molar-refractivity contribution in [2.45, 2.75) is 27.3 Å². The summed E-state index contributed by atoms with van der Waals surface area (Å²) in [5.41, 5.74) is 4.98. The van der Waals surface area contributed by atoms with Crippen LogP contribution in [-0.2, 0) is 6.54 Å². The van der Waals surface area contributed by atoms with Crippen LogP contribution in [0.15, 0.2) is 60.8 Å². The zero-order valence-electron chi connectivity index (χ0n) is 20.5. The number of aryl methyl sites for hydroxylation is 3. The van der Waals surface area contributed by atoms with Gasteiger partial charge in [-0.25, -0.2) is 4.79 Å². The van der Waals surface area contributed by atoms with Gasteiger partial charge in [0, 0.05) is 17.6 Å². The molecule has 1 N–H and O–H groups in total. The number of aromatic nitrogens is 1. The Morgan fingerprint density at radius 1 is 0.857 bits per heavy atom. The van der Waals surface area contributed by atoms with Crippen molar-refractivity contribution >= 4 is 22.7 Å². The molecule has 0 aliphatic carbocycles. The number of nitrogens with zero attached hydrogens (tertiary/aromatic N) is 2. The van der Waals surface area contributed by atoms with E-state index in [-0.39, 0.29) is 6.54 Å². The topological polar surface area (TPSA) is 81.1 Å². The van der Waals surface area contributed by atoms with Crippen molar-refractivity contribution in [3.63, 3.8) is 0 Å². The number of anilines is 1. The third kappa shape index (κ3) is 4.99. The summed E-state index contributed by atoms with van der Waals surface area (Å²) in [5.74, 6) is 2.41. The van der Waals surface area contributed by atoms with Gasteiger partial charge in [0.15, 0.2) is 11.5 Å². The van der Waals surface area contributed by atoms with Crippen molar-refractivity contribution in [3.8, 4) is 23.0 Å². The van der Waals surface area contributed by atoms with Crippen molar-refractivity contribution < 1.29 is 24.1 Å². The van der Waals surface area contributed by atoms with Gasteiger partial charge in [0.2, 0.25) is 0 Å². The van der Waals surface area contributed by atoms with Gasteiger partial charge >= 0.3 is 6.09 Å². The summed E-state index contributed by atoms with van der Waals surface area (Å²) >= 11 is 0. The zero-order valence-corrected chi connectivity index (χ0v) is 20.5. The molecule has 0 saturated heterocycles. The molecule has 1 heterocycles. The minimum Gasteiger partial charge on any atom is -0.493 e. The number of carbonyl (C=O) groups is 1. The van der Waals surface area contributed by atoms with Crippen molar-refractivity contribution in [1.82, 2.24) is 4.98 Å². The average Bonchev–Trinajstić information content (AvgIpc) is 2.85. The summed E-state index contributed by atoms with van der Waals surface area (Å²) < 4.78 is 17.1. The Hall–Kier alpha value is -4.26. The molecule has 180 valence electrons. The van der Waals surface area contributed by atoms with E-state index in [4.69, 9.17) is 14.2 Å². The molecule has 0 radical (unpaired) electrons. The number of fused-ring (bicyclic) bond motifs is 1. The second-order valence-corrected chi connectivity index (χ2v) is 8.39. The number of methoxy groups -OCH3 is 2. The van der Waals surface area contributed by atoms with Crippen LogP contribution in [0, 0.1) is 20.8 Å². The van der Waals surface area contributed by atoms with Crippen LogP contribution >= 0.6 is 0 Å². The predicted octanol–water partition coefficient (Wildman–Crippen LogP) is 6.65. The number of hydrogen-bond acceptors (Lipinski definition) is 5. The van der Waals surface area contributed by atoms with Crippen LogP contribution in [0.4, 0.5) is 10.5 Å². The van der Waals surface area contributed by atoms with Gasteiger partial charge in [-0.15, -0.1) is 0 Å². The lowest BCUT2D eigenvalue weighted by Crippen LogP contribution is -2.29. The van der Waals surface area contributed by atoms with Crippen molar-refractivity contribution in [3.05, 3.63) is 83.0 Å². The molecule has 1 amide bonds. The highest BCUT2D eigenvalue weighted by atomic mass is 16.5. The summed E-state index contributed by atoms with van der Waals surface area (Å²) in [5, 5.41) is 10.7. The van der Waals surface area contributed by atoms with Crippen LogP contribution in [0.2, 0.25) is 0 Å². The first-order valence-corrected chi connectivity index (χ1v) is 11.2. The Kier molecular flexibility index (Phi) is 6.78. The lowest BCUT2D eigenvalue weighted by Gasteiger charge is -2.23. The van der Waals surface area contributed by atoms with E-state index < -0.39 is 6.09 Å². The predicted molar refractivity (Wildman–Crippen MR) is 136 cm³/mol. The maximum atomic E-state index is 12.1. The molecular formula is C28H28N2O5. The molecule has 0 saturated carbocycles. The Bertz CT molecular complexity index is 1380. The molecular weight excluding hydrogens is 444 g/mol. The first-order valence-electron chi connectivity index (χ1n) is 11.2. The molecule has 7 heteroatoms. The van der Waals surface area contributed by atoms with Gasteiger partial charge in [-0.1, -0.05) is 29.8 Å². The summed E-state index contributed by atoms with van der Waals surface area (Å²) in [6.07, 6.45) is 0.663. The number of hydrogen-bond donors (Lipinski definition) is 1. The summed E-state index contributed by atoms with van der Waals surface area (Å²) in [6, 6.07) is 17.0. The lowest BCUT2D eigenvalue weighted by molar-refractivity contribution is 0.201. The molecule has 0 spiro atoms. The zero-order chi connectivity index (χ0) is 25.1. The van der Waals surface area contributed by atoms with E-state index in [1.54, 1.807) is 32.5 Å². The SMILES string of the molecule is COc1cc2nccc(Oc3cc(C)c(N(Cc4ccc(C)cc4)C(=O)O)cc3C)c2cc1OC. The van der Waals surface area contributed by atoms with Gasteiger partial charge in [-0.05, 0) is 61.7 Å². The van der Waals surface area contributed by atoms with Crippen LogP contribution in [0.5, 0.6) is 23.0 Å². The largest absolute Gasteiger partial charge is 0.493 e. The molecule has 0 bridgehead atoms. The Morgan fingerprint density at radius 3 is 2.20 bits per heavy atom. The number of pyridine rings is 1. The molecule has 3 aromatic carbocycles. The van der Waals surface area contributed by atoms with Crippen LogP contribution in [0.1, 0.15) is 22.3 Å². The summed E-state index contributed by atoms with van der Waals surface area (Å²) in [7, 11) is 3.16. The van der Waals surface area contributed by atoms with E-state index in [9.17, 15) is 9.90 Å². The van der Waals surface area contributed by atoms with E-state index in [1.165, 1.54) is 4.90 Å². The first kappa shape index (κ1) is 23.9.